The normalized spacial score (nSPS) is 15.8. The van der Waals surface area contributed by atoms with E-state index in [9.17, 15) is 13.2 Å². The maximum absolute atomic E-state index is 13.1. The molecule has 1 aliphatic heterocycles. The monoisotopic (exact) mass is 460 g/mol. The van der Waals surface area contributed by atoms with Crippen LogP contribution in [0, 0.1) is 5.92 Å². The summed E-state index contributed by atoms with van der Waals surface area (Å²) in [6.45, 7) is 1.17. The van der Waals surface area contributed by atoms with Crippen LogP contribution >= 0.6 is 11.7 Å². The molecule has 0 radical (unpaired) electrons. The van der Waals surface area contributed by atoms with Crippen molar-refractivity contribution in [3.63, 3.8) is 0 Å². The number of amides is 1. The summed E-state index contributed by atoms with van der Waals surface area (Å²) in [4.78, 5) is 12.7. The van der Waals surface area contributed by atoms with Crippen LogP contribution in [0.15, 0.2) is 47.4 Å². The smallest absolute Gasteiger partial charge is 0.245 e. The van der Waals surface area contributed by atoms with Gasteiger partial charge in [-0.2, -0.15) is 13.1 Å². The lowest BCUT2D eigenvalue weighted by atomic mass is 9.97. The highest BCUT2D eigenvalue weighted by Crippen LogP contribution is 2.28. The first-order valence-corrected chi connectivity index (χ1v) is 12.3. The molecule has 2 aromatic carbocycles. The van der Waals surface area contributed by atoms with Crippen molar-refractivity contribution in [1.29, 1.82) is 0 Å². The Labute approximate surface area is 185 Å². The van der Waals surface area contributed by atoms with Crippen molar-refractivity contribution in [1.82, 2.24) is 18.4 Å². The van der Waals surface area contributed by atoms with Gasteiger partial charge in [0.1, 0.15) is 21.7 Å². The lowest BCUT2D eigenvalue weighted by Gasteiger charge is -2.30. The van der Waals surface area contributed by atoms with E-state index in [1.54, 1.807) is 25.3 Å². The molecular formula is C21H24N4O4S2. The van der Waals surface area contributed by atoms with Gasteiger partial charge in [-0.05, 0) is 49.1 Å². The van der Waals surface area contributed by atoms with Crippen LogP contribution in [0.5, 0.6) is 5.75 Å². The first-order valence-electron chi connectivity index (χ1n) is 10.1. The van der Waals surface area contributed by atoms with Gasteiger partial charge < -0.3 is 10.1 Å². The maximum Gasteiger partial charge on any atom is 0.245 e. The molecule has 0 aliphatic carbocycles. The third-order valence-electron chi connectivity index (χ3n) is 5.56. The summed E-state index contributed by atoms with van der Waals surface area (Å²) in [5.41, 5.74) is 2.11. The first-order chi connectivity index (χ1) is 15.0. The van der Waals surface area contributed by atoms with Crippen LogP contribution in [-0.2, 0) is 21.2 Å². The second-order valence-corrected chi connectivity index (χ2v) is 9.89. The second-order valence-electron chi connectivity index (χ2n) is 7.46. The lowest BCUT2D eigenvalue weighted by molar-refractivity contribution is -0.126. The Balaban J connectivity index is 1.30. The van der Waals surface area contributed by atoms with Crippen molar-refractivity contribution in [2.24, 2.45) is 5.92 Å². The van der Waals surface area contributed by atoms with E-state index < -0.39 is 10.0 Å². The number of hydrogen-bond acceptors (Lipinski definition) is 7. The van der Waals surface area contributed by atoms with Crippen LogP contribution in [0.25, 0.3) is 11.0 Å². The minimum atomic E-state index is -3.67. The second kappa shape index (κ2) is 9.29. The number of carbonyl (C=O) groups excluding carboxylic acids is 1. The zero-order valence-corrected chi connectivity index (χ0v) is 18.8. The fourth-order valence-corrected chi connectivity index (χ4v) is 5.98. The number of aromatic nitrogens is 2. The van der Waals surface area contributed by atoms with Crippen molar-refractivity contribution in [3.8, 4) is 5.75 Å². The summed E-state index contributed by atoms with van der Waals surface area (Å²) in [6.07, 6.45) is 1.73. The third kappa shape index (κ3) is 4.70. The molecule has 8 nitrogen and oxygen atoms in total. The number of sulfonamides is 1. The van der Waals surface area contributed by atoms with Gasteiger partial charge in [-0.25, -0.2) is 8.42 Å². The molecular weight excluding hydrogens is 436 g/mol. The molecule has 3 aromatic rings. The Hall–Kier alpha value is -2.56. The average molecular weight is 461 g/mol. The fraction of sp³-hybridized carbons (Fsp3) is 0.381. The molecule has 1 saturated heterocycles. The number of benzene rings is 2. The predicted molar refractivity (Wildman–Crippen MR) is 119 cm³/mol. The molecule has 2 heterocycles. The topological polar surface area (TPSA) is 101 Å². The molecule has 164 valence electrons. The molecule has 1 aromatic heterocycles. The summed E-state index contributed by atoms with van der Waals surface area (Å²) < 4.78 is 41.1. The first kappa shape index (κ1) is 21.7. The Bertz CT molecular complexity index is 1150. The van der Waals surface area contributed by atoms with Crippen molar-refractivity contribution < 1.29 is 17.9 Å². The maximum atomic E-state index is 13.1. The fourth-order valence-electron chi connectivity index (χ4n) is 3.75. The Morgan fingerprint density at radius 3 is 2.61 bits per heavy atom. The van der Waals surface area contributed by atoms with Crippen LogP contribution < -0.4 is 10.1 Å². The number of hydrogen-bond donors (Lipinski definition) is 1. The summed E-state index contributed by atoms with van der Waals surface area (Å²) in [5.74, 6) is 0.604. The molecule has 0 saturated carbocycles. The average Bonchev–Trinajstić information content (AvgIpc) is 3.28. The number of carbonyl (C=O) groups is 1. The number of ether oxygens (including phenoxy) is 1. The van der Waals surface area contributed by atoms with Gasteiger partial charge in [0.15, 0.2) is 0 Å². The summed E-state index contributed by atoms with van der Waals surface area (Å²) in [6, 6.07) is 12.8. The van der Waals surface area contributed by atoms with E-state index in [0.717, 1.165) is 29.5 Å². The number of nitrogens with one attached hydrogen (secondary N) is 1. The van der Waals surface area contributed by atoms with E-state index in [-0.39, 0.29) is 16.7 Å². The zero-order valence-electron chi connectivity index (χ0n) is 17.2. The van der Waals surface area contributed by atoms with Crippen molar-refractivity contribution in [2.75, 3.05) is 26.7 Å². The number of piperidine rings is 1. The molecule has 31 heavy (non-hydrogen) atoms. The number of nitrogens with zero attached hydrogens (tertiary/aromatic N) is 3. The minimum absolute atomic E-state index is 0.0173. The molecule has 0 spiro atoms. The summed E-state index contributed by atoms with van der Waals surface area (Å²) >= 11 is 1.000. The summed E-state index contributed by atoms with van der Waals surface area (Å²) in [7, 11) is -2.04. The molecule has 10 heteroatoms. The Morgan fingerprint density at radius 1 is 1.16 bits per heavy atom. The molecule has 0 unspecified atom stereocenters. The molecule has 0 bridgehead atoms. The van der Waals surface area contributed by atoms with Gasteiger partial charge >= 0.3 is 0 Å². The van der Waals surface area contributed by atoms with Gasteiger partial charge in [0, 0.05) is 25.6 Å². The van der Waals surface area contributed by atoms with Crippen molar-refractivity contribution in [2.45, 2.75) is 24.2 Å². The zero-order chi connectivity index (χ0) is 21.8. The van der Waals surface area contributed by atoms with Crippen LogP contribution in [0.3, 0.4) is 0 Å². The van der Waals surface area contributed by atoms with E-state index in [4.69, 9.17) is 4.74 Å². The number of fused-ring (bicyclic) bond motifs is 1. The highest BCUT2D eigenvalue weighted by atomic mass is 32.2. The Morgan fingerprint density at radius 2 is 1.90 bits per heavy atom. The Kier molecular flexibility index (Phi) is 6.49. The van der Waals surface area contributed by atoms with Gasteiger partial charge in [-0.15, -0.1) is 0 Å². The van der Waals surface area contributed by atoms with E-state index in [1.807, 2.05) is 24.3 Å². The van der Waals surface area contributed by atoms with Crippen molar-refractivity contribution >= 4 is 38.7 Å². The van der Waals surface area contributed by atoms with E-state index in [1.165, 1.54) is 4.31 Å². The molecule has 1 fully saturated rings. The largest absolute Gasteiger partial charge is 0.497 e. The van der Waals surface area contributed by atoms with E-state index in [0.29, 0.717) is 43.5 Å². The van der Waals surface area contributed by atoms with E-state index in [2.05, 4.69) is 14.1 Å². The summed E-state index contributed by atoms with van der Waals surface area (Å²) in [5, 5.41) is 2.98. The SMILES string of the molecule is COc1ccc(CCNC(=O)C2CCN(S(=O)(=O)c3cccc4nsnc34)CC2)cc1. The minimum Gasteiger partial charge on any atom is -0.497 e. The van der Waals surface area contributed by atoms with Gasteiger partial charge in [0.25, 0.3) is 0 Å². The standard InChI is InChI=1S/C21H24N4O4S2/c1-29-17-7-5-15(6-8-17)9-12-22-21(26)16-10-13-25(14-11-16)31(27,28)19-4-2-3-18-20(19)24-30-23-18/h2-8,16H,9-14H2,1H3,(H,22,26). The third-order valence-corrected chi connectivity index (χ3v) is 8.04. The van der Waals surface area contributed by atoms with Crippen LogP contribution in [0.2, 0.25) is 0 Å². The van der Waals surface area contributed by atoms with Gasteiger partial charge in [-0.3, -0.25) is 4.79 Å². The molecule has 1 aliphatic rings. The molecule has 1 amide bonds. The van der Waals surface area contributed by atoms with Gasteiger partial charge in [0.05, 0.1) is 18.8 Å². The molecule has 0 atom stereocenters. The quantitative estimate of drug-likeness (QED) is 0.581. The highest BCUT2D eigenvalue weighted by molar-refractivity contribution is 7.89. The van der Waals surface area contributed by atoms with Gasteiger partial charge in [-0.1, -0.05) is 18.2 Å². The van der Waals surface area contributed by atoms with Crippen LogP contribution in [-0.4, -0.2) is 54.1 Å². The van der Waals surface area contributed by atoms with Crippen molar-refractivity contribution in [3.05, 3.63) is 48.0 Å². The van der Waals surface area contributed by atoms with Gasteiger partial charge in [0.2, 0.25) is 15.9 Å². The van der Waals surface area contributed by atoms with Crippen LogP contribution in [0.1, 0.15) is 18.4 Å². The molecule has 1 N–H and O–H groups in total. The molecule has 4 rings (SSSR count). The number of methoxy groups -OCH3 is 1. The predicted octanol–water partition coefficient (Wildman–Crippen LogP) is 2.46. The van der Waals surface area contributed by atoms with Crippen LogP contribution in [0.4, 0.5) is 0 Å². The number of rotatable bonds is 7. The highest BCUT2D eigenvalue weighted by Gasteiger charge is 2.33. The van der Waals surface area contributed by atoms with E-state index >= 15 is 0 Å². The lowest BCUT2D eigenvalue weighted by Crippen LogP contribution is -2.43.